The number of fused-ring (bicyclic) bond motifs is 1. The Morgan fingerprint density at radius 3 is 2.23 bits per heavy atom. The summed E-state index contributed by atoms with van der Waals surface area (Å²) in [6.07, 6.45) is -5.68. The Labute approximate surface area is 354 Å². The van der Waals surface area contributed by atoms with Crippen LogP contribution >= 0.6 is 0 Å². The van der Waals surface area contributed by atoms with Crippen molar-refractivity contribution in [2.75, 3.05) is 21.3 Å². The zero-order valence-corrected chi connectivity index (χ0v) is 37.0. The van der Waals surface area contributed by atoms with Gasteiger partial charge in [0.1, 0.15) is 29.8 Å². The van der Waals surface area contributed by atoms with Gasteiger partial charge in [0, 0.05) is 37.5 Å². The van der Waals surface area contributed by atoms with Gasteiger partial charge in [0.25, 0.3) is 0 Å². The van der Waals surface area contributed by atoms with Crippen molar-refractivity contribution < 1.29 is 57.4 Å². The number of methoxy groups -OCH3 is 2. The number of likely N-dealkylation sites (N-methyl/N-ethyl adjacent to an activating group) is 1. The normalized spacial score (nSPS) is 36.6. The van der Waals surface area contributed by atoms with Crippen molar-refractivity contribution in [3.63, 3.8) is 0 Å². The predicted octanol–water partition coefficient (Wildman–Crippen LogP) is 5.64. The largest absolute Gasteiger partial charge is 0.497 e. The Hall–Kier alpha value is -4.08. The molecule has 332 valence electrons. The highest BCUT2D eigenvalue weighted by molar-refractivity contribution is 5.85. The first kappa shape index (κ1) is 47.0. The summed E-state index contributed by atoms with van der Waals surface area (Å²) in [5.41, 5.74) is -0.933. The van der Waals surface area contributed by atoms with E-state index < -0.39 is 89.7 Å². The number of rotatable bonds is 11. The number of nitrogens with one attached hydrogen (secondary N) is 1. The molecule has 14 atom stereocenters. The molecule has 0 aliphatic carbocycles. The van der Waals surface area contributed by atoms with Crippen LogP contribution in [0.2, 0.25) is 0 Å². The lowest BCUT2D eigenvalue weighted by molar-refractivity contribution is -0.302. The molecule has 14 nitrogen and oxygen atoms in total. The molecular weight excluding hydrogens is 773 g/mol. The van der Waals surface area contributed by atoms with Gasteiger partial charge in [-0.05, 0) is 77.3 Å². The van der Waals surface area contributed by atoms with Crippen LogP contribution in [0.15, 0.2) is 54.6 Å². The minimum Gasteiger partial charge on any atom is -0.497 e. The number of benzene rings is 2. The smallest absolute Gasteiger partial charge is 0.408 e. The SMILES string of the molecule is CC[C@H]1OC(=O)[C@H](C)[C@@H](OC(=O)Cc2ccc(OC)cc2)[C@H](C)[C@@H](O[C@@H]2O[C@H](C)C[C@H](N(C)Cc3ccccc3)[C@H]2O)[C@@](C)(OC)C[C@@H](C)C(=O)[C@H](C)[C@H]2NC(=O)O[C@@]21C. The average Bonchev–Trinajstić information content (AvgIpc) is 3.54. The monoisotopic (exact) mass is 838 g/mol. The van der Waals surface area contributed by atoms with Crippen molar-refractivity contribution in [3.8, 4) is 5.75 Å². The van der Waals surface area contributed by atoms with E-state index >= 15 is 0 Å². The summed E-state index contributed by atoms with van der Waals surface area (Å²) in [6, 6.07) is 15.8. The van der Waals surface area contributed by atoms with E-state index in [4.69, 9.17) is 33.2 Å². The second kappa shape index (κ2) is 19.7. The molecule has 2 aromatic carbocycles. The molecule has 0 spiro atoms. The second-order valence-electron chi connectivity index (χ2n) is 17.5. The number of Topliss-reactive ketones (excluding diaryl/α,β-unsaturated/α-hetero) is 1. The number of esters is 2. The van der Waals surface area contributed by atoms with Crippen LogP contribution in [-0.4, -0.2) is 115 Å². The third kappa shape index (κ3) is 10.3. The maximum Gasteiger partial charge on any atom is 0.408 e. The fourth-order valence-electron chi connectivity index (χ4n) is 9.55. The van der Waals surface area contributed by atoms with Crippen molar-refractivity contribution in [2.24, 2.45) is 23.7 Å². The molecule has 0 aromatic heterocycles. The van der Waals surface area contributed by atoms with E-state index in [1.807, 2.05) is 51.2 Å². The first-order valence-corrected chi connectivity index (χ1v) is 21.2. The first-order chi connectivity index (χ1) is 28.3. The highest BCUT2D eigenvalue weighted by Gasteiger charge is 2.57. The maximum absolute atomic E-state index is 14.4. The number of carbonyl (C=O) groups is 4. The molecule has 3 aliphatic heterocycles. The third-order valence-corrected chi connectivity index (χ3v) is 13.1. The molecule has 3 saturated heterocycles. The summed E-state index contributed by atoms with van der Waals surface area (Å²) in [4.78, 5) is 57.7. The number of hydrogen-bond acceptors (Lipinski definition) is 13. The Bertz CT molecular complexity index is 1780. The number of alkyl carbamates (subject to hydrolysis) is 1. The van der Waals surface area contributed by atoms with Crippen LogP contribution in [0.3, 0.4) is 0 Å². The summed E-state index contributed by atoms with van der Waals surface area (Å²) in [5.74, 6) is -4.15. The molecule has 2 aromatic rings. The molecule has 0 radical (unpaired) electrons. The second-order valence-corrected chi connectivity index (χ2v) is 17.5. The first-order valence-electron chi connectivity index (χ1n) is 21.2. The average molecular weight is 839 g/mol. The number of ether oxygens (including phenoxy) is 7. The van der Waals surface area contributed by atoms with Gasteiger partial charge in [0.05, 0.1) is 43.3 Å². The molecule has 5 rings (SSSR count). The topological polar surface area (TPSA) is 168 Å². The number of aliphatic hydroxyl groups is 1. The van der Waals surface area contributed by atoms with Crippen molar-refractivity contribution in [2.45, 2.75) is 148 Å². The zero-order chi connectivity index (χ0) is 44.1. The van der Waals surface area contributed by atoms with Gasteiger partial charge >= 0.3 is 18.0 Å². The minimum absolute atomic E-state index is 0.109. The number of hydrogen-bond donors (Lipinski definition) is 2. The van der Waals surface area contributed by atoms with Gasteiger partial charge in [-0.15, -0.1) is 0 Å². The molecule has 0 unspecified atom stereocenters. The van der Waals surface area contributed by atoms with Crippen LogP contribution in [0, 0.1) is 23.7 Å². The molecule has 0 bridgehead atoms. The number of cyclic esters (lactones) is 1. The molecule has 3 aliphatic rings. The number of ketones is 1. The number of amides is 1. The highest BCUT2D eigenvalue weighted by Crippen LogP contribution is 2.41. The summed E-state index contributed by atoms with van der Waals surface area (Å²) in [5, 5.41) is 14.9. The van der Waals surface area contributed by atoms with E-state index in [9.17, 15) is 24.3 Å². The van der Waals surface area contributed by atoms with E-state index in [0.29, 0.717) is 24.3 Å². The van der Waals surface area contributed by atoms with Gasteiger partial charge in [-0.25, -0.2) is 4.79 Å². The summed E-state index contributed by atoms with van der Waals surface area (Å²) < 4.78 is 43.3. The Kier molecular flexibility index (Phi) is 15.5. The van der Waals surface area contributed by atoms with E-state index in [2.05, 4.69) is 10.2 Å². The van der Waals surface area contributed by atoms with E-state index in [-0.39, 0.29) is 37.2 Å². The summed E-state index contributed by atoms with van der Waals surface area (Å²) in [7, 11) is 5.02. The lowest BCUT2D eigenvalue weighted by atomic mass is 9.73. The predicted molar refractivity (Wildman–Crippen MR) is 222 cm³/mol. The van der Waals surface area contributed by atoms with E-state index in [0.717, 1.165) is 5.56 Å². The van der Waals surface area contributed by atoms with Crippen molar-refractivity contribution in [1.29, 1.82) is 0 Å². The minimum atomic E-state index is -1.39. The van der Waals surface area contributed by atoms with Gasteiger partial charge in [-0.2, -0.15) is 0 Å². The van der Waals surface area contributed by atoms with Crippen LogP contribution in [-0.2, 0) is 55.8 Å². The lowest BCUT2D eigenvalue weighted by Gasteiger charge is -2.48. The van der Waals surface area contributed by atoms with E-state index in [1.165, 1.54) is 7.11 Å². The summed E-state index contributed by atoms with van der Waals surface area (Å²) >= 11 is 0. The maximum atomic E-state index is 14.4. The molecule has 0 saturated carbocycles. The van der Waals surface area contributed by atoms with Gasteiger partial charge in [0.15, 0.2) is 11.9 Å². The fraction of sp³-hybridized carbons (Fsp3) is 0.652. The van der Waals surface area contributed by atoms with Gasteiger partial charge in [-0.1, -0.05) is 70.2 Å². The highest BCUT2D eigenvalue weighted by atomic mass is 16.7. The number of carbonyl (C=O) groups excluding carboxylic acids is 4. The van der Waals surface area contributed by atoms with Gasteiger partial charge < -0.3 is 43.6 Å². The molecule has 1 amide bonds. The molecular formula is C46H66N2O12. The van der Waals surface area contributed by atoms with Gasteiger partial charge in [0.2, 0.25) is 0 Å². The molecule has 3 heterocycles. The van der Waals surface area contributed by atoms with Gasteiger partial charge in [-0.3, -0.25) is 19.3 Å². The molecule has 3 fully saturated rings. The Morgan fingerprint density at radius 2 is 1.62 bits per heavy atom. The Balaban J connectivity index is 1.57. The molecule has 60 heavy (non-hydrogen) atoms. The zero-order valence-electron chi connectivity index (χ0n) is 37.0. The summed E-state index contributed by atoms with van der Waals surface area (Å²) in [6.45, 7) is 14.7. The van der Waals surface area contributed by atoms with Crippen LogP contribution in [0.1, 0.15) is 85.8 Å². The molecule has 2 N–H and O–H groups in total. The lowest BCUT2D eigenvalue weighted by Crippen LogP contribution is -2.61. The van der Waals surface area contributed by atoms with Crippen LogP contribution in [0.4, 0.5) is 4.79 Å². The number of aliphatic hydroxyl groups excluding tert-OH is 1. The fourth-order valence-corrected chi connectivity index (χ4v) is 9.55. The molecule has 14 heteroatoms. The van der Waals surface area contributed by atoms with Crippen molar-refractivity contribution >= 4 is 23.8 Å². The van der Waals surface area contributed by atoms with E-state index in [1.54, 1.807) is 72.9 Å². The third-order valence-electron chi connectivity index (χ3n) is 13.1. The standard InChI is InChI=1S/C46H66N2O12/c1-12-35-46(8)40(47-44(53)60-46)28(4)37(50)26(2)24-45(7,55-11)41(59-43-38(51)34(22-27(3)56-43)48(9)25-32-16-14-13-15-17-32)29(5)39(30(6)42(52)57-35)58-36(49)23-31-18-20-33(54-10)21-19-31/h13-21,26-30,34-35,38-41,43,51H,12,22-25H2,1-11H3,(H,47,53)/t26-,27-,28+,29+,30-,34+,35-,38-,39+,40-,41-,43+,45+,46-/m1/s1. The van der Waals surface area contributed by atoms with Crippen LogP contribution in [0.5, 0.6) is 5.75 Å². The quantitative estimate of drug-likeness (QED) is 0.211. The van der Waals surface area contributed by atoms with Crippen molar-refractivity contribution in [3.05, 3.63) is 65.7 Å². The van der Waals surface area contributed by atoms with Crippen LogP contribution in [0.25, 0.3) is 0 Å². The van der Waals surface area contributed by atoms with Crippen LogP contribution < -0.4 is 10.1 Å². The van der Waals surface area contributed by atoms with Crippen molar-refractivity contribution in [1.82, 2.24) is 10.2 Å². The Morgan fingerprint density at radius 1 is 0.950 bits per heavy atom. The number of nitrogens with zero attached hydrogens (tertiary/aromatic N) is 1.